The normalized spacial score (nSPS) is 9.90. The van der Waals surface area contributed by atoms with E-state index < -0.39 is 5.82 Å². The molecule has 0 spiro atoms. The summed E-state index contributed by atoms with van der Waals surface area (Å²) in [7, 11) is 0. The Bertz CT molecular complexity index is 697. The van der Waals surface area contributed by atoms with Crippen LogP contribution in [0.4, 0.5) is 10.1 Å². The molecule has 100 valence electrons. The highest BCUT2D eigenvalue weighted by Gasteiger charge is 2.15. The van der Waals surface area contributed by atoms with Crippen LogP contribution in [0.25, 0.3) is 0 Å². The molecule has 0 fully saturated rings. The summed E-state index contributed by atoms with van der Waals surface area (Å²) in [5, 5.41) is 11.5. The molecule has 0 saturated heterocycles. The third-order valence-corrected chi connectivity index (χ3v) is 3.08. The first kappa shape index (κ1) is 13.8. The molecule has 0 aliphatic heterocycles. The highest BCUT2D eigenvalue weighted by atomic mass is 19.1. The molecule has 2 aromatic carbocycles. The third kappa shape index (κ3) is 2.52. The van der Waals surface area contributed by atoms with Gasteiger partial charge in [-0.15, -0.1) is 0 Å². The number of halogens is 1. The van der Waals surface area contributed by atoms with Gasteiger partial charge in [-0.3, -0.25) is 4.79 Å². The van der Waals surface area contributed by atoms with Crippen molar-refractivity contribution in [2.75, 3.05) is 5.32 Å². The fourth-order valence-electron chi connectivity index (χ4n) is 2.10. The number of nitrogens with zero attached hydrogens (tertiary/aromatic N) is 1. The molecule has 2 aromatic rings. The molecule has 20 heavy (non-hydrogen) atoms. The molecule has 0 unspecified atom stereocenters. The number of nitrogens with one attached hydrogen (secondary N) is 1. The lowest BCUT2D eigenvalue weighted by Crippen LogP contribution is -2.16. The fourth-order valence-corrected chi connectivity index (χ4v) is 2.10. The van der Waals surface area contributed by atoms with E-state index in [2.05, 4.69) is 5.32 Å². The van der Waals surface area contributed by atoms with Gasteiger partial charge in [-0.1, -0.05) is 24.3 Å². The Labute approximate surface area is 116 Å². The highest BCUT2D eigenvalue weighted by molar-refractivity contribution is 6.06. The van der Waals surface area contributed by atoms with Gasteiger partial charge in [-0.25, -0.2) is 4.39 Å². The molecule has 0 bridgehead atoms. The Morgan fingerprint density at radius 3 is 2.35 bits per heavy atom. The standard InChI is InChI=1S/C16H13FN2O/c1-10-5-3-6-11(2)15(10)16(20)19-14-8-4-7-13(17)12(14)9-18/h3-8H,1-2H3,(H,19,20). The van der Waals surface area contributed by atoms with Crippen molar-refractivity contribution in [3.63, 3.8) is 0 Å². The molecule has 0 aromatic heterocycles. The zero-order valence-corrected chi connectivity index (χ0v) is 11.2. The first-order valence-corrected chi connectivity index (χ1v) is 6.10. The van der Waals surface area contributed by atoms with Crippen molar-refractivity contribution in [3.05, 3.63) is 64.5 Å². The second-order valence-corrected chi connectivity index (χ2v) is 4.50. The van der Waals surface area contributed by atoms with Gasteiger partial charge in [0.15, 0.2) is 0 Å². The molecule has 2 rings (SSSR count). The van der Waals surface area contributed by atoms with E-state index in [1.807, 2.05) is 32.0 Å². The molecular weight excluding hydrogens is 255 g/mol. The first-order chi connectivity index (χ1) is 9.54. The number of hydrogen-bond donors (Lipinski definition) is 1. The van der Waals surface area contributed by atoms with Gasteiger partial charge in [0.2, 0.25) is 0 Å². The van der Waals surface area contributed by atoms with E-state index in [9.17, 15) is 9.18 Å². The van der Waals surface area contributed by atoms with E-state index in [-0.39, 0.29) is 17.2 Å². The van der Waals surface area contributed by atoms with Crippen molar-refractivity contribution in [1.29, 1.82) is 5.26 Å². The topological polar surface area (TPSA) is 52.9 Å². The molecule has 0 radical (unpaired) electrons. The Kier molecular flexibility index (Phi) is 3.81. The van der Waals surface area contributed by atoms with E-state index >= 15 is 0 Å². The Balaban J connectivity index is 2.39. The van der Waals surface area contributed by atoms with Crippen LogP contribution in [0.5, 0.6) is 0 Å². The average molecular weight is 268 g/mol. The van der Waals surface area contributed by atoms with Gasteiger partial charge in [0.05, 0.1) is 5.69 Å². The predicted octanol–water partition coefficient (Wildman–Crippen LogP) is 3.57. The van der Waals surface area contributed by atoms with Gasteiger partial charge in [-0.05, 0) is 37.1 Å². The summed E-state index contributed by atoms with van der Waals surface area (Å²) in [6.07, 6.45) is 0. The number of carbonyl (C=O) groups is 1. The van der Waals surface area contributed by atoms with E-state index in [0.717, 1.165) is 11.1 Å². The second kappa shape index (κ2) is 5.54. The van der Waals surface area contributed by atoms with E-state index in [4.69, 9.17) is 5.26 Å². The molecule has 0 saturated carbocycles. The minimum atomic E-state index is -0.646. The number of carbonyl (C=O) groups excluding carboxylic acids is 1. The predicted molar refractivity (Wildman–Crippen MR) is 75.0 cm³/mol. The number of rotatable bonds is 2. The van der Waals surface area contributed by atoms with Crippen molar-refractivity contribution in [3.8, 4) is 6.07 Å². The van der Waals surface area contributed by atoms with Crippen LogP contribution in [-0.4, -0.2) is 5.91 Å². The first-order valence-electron chi connectivity index (χ1n) is 6.10. The minimum Gasteiger partial charge on any atom is -0.321 e. The van der Waals surface area contributed by atoms with Gasteiger partial charge >= 0.3 is 0 Å². The van der Waals surface area contributed by atoms with Gasteiger partial charge in [0, 0.05) is 5.56 Å². The minimum absolute atomic E-state index is 0.160. The van der Waals surface area contributed by atoms with Crippen LogP contribution < -0.4 is 5.32 Å². The number of benzene rings is 2. The number of nitriles is 1. The molecule has 0 aliphatic carbocycles. The number of amides is 1. The van der Waals surface area contributed by atoms with Crippen molar-refractivity contribution in [1.82, 2.24) is 0 Å². The maximum absolute atomic E-state index is 13.5. The Morgan fingerprint density at radius 1 is 1.15 bits per heavy atom. The largest absolute Gasteiger partial charge is 0.321 e. The summed E-state index contributed by atoms with van der Waals surface area (Å²) in [6, 6.07) is 11.4. The molecule has 0 aliphatic rings. The highest BCUT2D eigenvalue weighted by Crippen LogP contribution is 2.20. The van der Waals surface area contributed by atoms with E-state index in [1.165, 1.54) is 18.2 Å². The SMILES string of the molecule is Cc1cccc(C)c1C(=O)Nc1cccc(F)c1C#N. The summed E-state index contributed by atoms with van der Waals surface area (Å²) in [5.41, 5.74) is 2.22. The van der Waals surface area contributed by atoms with E-state index in [1.54, 1.807) is 6.07 Å². The zero-order chi connectivity index (χ0) is 14.7. The maximum Gasteiger partial charge on any atom is 0.256 e. The van der Waals surface area contributed by atoms with Crippen LogP contribution in [-0.2, 0) is 0 Å². The van der Waals surface area contributed by atoms with Crippen molar-refractivity contribution < 1.29 is 9.18 Å². The van der Waals surface area contributed by atoms with Crippen LogP contribution in [0.3, 0.4) is 0 Å². The molecule has 4 heteroatoms. The van der Waals surface area contributed by atoms with Gasteiger partial charge in [0.1, 0.15) is 17.4 Å². The van der Waals surface area contributed by atoms with Crippen LogP contribution in [0.2, 0.25) is 0 Å². The lowest BCUT2D eigenvalue weighted by molar-refractivity contribution is 0.102. The monoisotopic (exact) mass is 268 g/mol. The molecule has 1 N–H and O–H groups in total. The third-order valence-electron chi connectivity index (χ3n) is 3.08. The quantitative estimate of drug-likeness (QED) is 0.905. The summed E-state index contributed by atoms with van der Waals surface area (Å²) < 4.78 is 13.5. The van der Waals surface area contributed by atoms with Gasteiger partial charge in [-0.2, -0.15) is 5.26 Å². The molecule has 3 nitrogen and oxygen atoms in total. The van der Waals surface area contributed by atoms with Gasteiger partial charge < -0.3 is 5.32 Å². The fraction of sp³-hybridized carbons (Fsp3) is 0.125. The Morgan fingerprint density at radius 2 is 1.75 bits per heavy atom. The van der Waals surface area contributed by atoms with Crippen LogP contribution in [0.1, 0.15) is 27.0 Å². The zero-order valence-electron chi connectivity index (χ0n) is 11.2. The number of anilines is 1. The molecule has 1 amide bonds. The second-order valence-electron chi connectivity index (χ2n) is 4.50. The van der Waals surface area contributed by atoms with Crippen LogP contribution in [0, 0.1) is 31.0 Å². The van der Waals surface area contributed by atoms with E-state index in [0.29, 0.717) is 5.56 Å². The summed E-state index contributed by atoms with van der Waals surface area (Å²) in [5.74, 6) is -0.991. The molecular formula is C16H13FN2O. The summed E-state index contributed by atoms with van der Waals surface area (Å²) in [4.78, 5) is 12.3. The Hall–Kier alpha value is -2.67. The van der Waals surface area contributed by atoms with Crippen molar-refractivity contribution >= 4 is 11.6 Å². The van der Waals surface area contributed by atoms with Crippen LogP contribution in [0.15, 0.2) is 36.4 Å². The average Bonchev–Trinajstić information content (AvgIpc) is 2.38. The number of aryl methyl sites for hydroxylation is 2. The smallest absolute Gasteiger partial charge is 0.256 e. The van der Waals surface area contributed by atoms with Gasteiger partial charge in [0.25, 0.3) is 5.91 Å². The molecule has 0 heterocycles. The lowest BCUT2D eigenvalue weighted by Gasteiger charge is -2.11. The maximum atomic E-state index is 13.5. The lowest BCUT2D eigenvalue weighted by atomic mass is 10.0. The number of hydrogen-bond acceptors (Lipinski definition) is 2. The summed E-state index contributed by atoms with van der Waals surface area (Å²) >= 11 is 0. The molecule has 0 atom stereocenters. The summed E-state index contributed by atoms with van der Waals surface area (Å²) in [6.45, 7) is 3.66. The van der Waals surface area contributed by atoms with Crippen molar-refractivity contribution in [2.24, 2.45) is 0 Å². The van der Waals surface area contributed by atoms with Crippen molar-refractivity contribution in [2.45, 2.75) is 13.8 Å². The van der Waals surface area contributed by atoms with Crippen LogP contribution >= 0.6 is 0 Å².